The maximum Gasteiger partial charge on any atom is 0.154 e. The maximum atomic E-state index is 10.8. The van der Waals surface area contributed by atoms with E-state index in [0.29, 0.717) is 5.56 Å². The number of pyridine rings is 1. The molecule has 0 saturated heterocycles. The third-order valence-corrected chi connectivity index (χ3v) is 2.92. The SMILES string of the molecule is CC(C)(C)Sc1ccnc(Cl)c1C=O. The zero-order chi connectivity index (χ0) is 10.8. The molecule has 1 rings (SSSR count). The van der Waals surface area contributed by atoms with Crippen molar-refractivity contribution in [2.45, 2.75) is 30.4 Å². The summed E-state index contributed by atoms with van der Waals surface area (Å²) >= 11 is 7.41. The second-order valence-electron chi connectivity index (χ2n) is 3.85. The van der Waals surface area contributed by atoms with E-state index >= 15 is 0 Å². The molecule has 14 heavy (non-hydrogen) atoms. The molecule has 0 aliphatic heterocycles. The van der Waals surface area contributed by atoms with Crippen LogP contribution in [-0.4, -0.2) is 16.0 Å². The molecule has 0 bridgehead atoms. The molecule has 1 aromatic rings. The average Bonchev–Trinajstić information content (AvgIpc) is 2.01. The molecular formula is C10H12ClNOS. The summed E-state index contributed by atoms with van der Waals surface area (Å²) in [6.07, 6.45) is 2.37. The number of nitrogens with zero attached hydrogens (tertiary/aromatic N) is 1. The number of carbonyl (C=O) groups is 1. The average molecular weight is 230 g/mol. The molecule has 0 radical (unpaired) electrons. The molecule has 4 heteroatoms. The highest BCUT2D eigenvalue weighted by atomic mass is 35.5. The van der Waals surface area contributed by atoms with Crippen molar-refractivity contribution in [2.75, 3.05) is 0 Å². The minimum absolute atomic E-state index is 0.0580. The van der Waals surface area contributed by atoms with Crippen molar-refractivity contribution in [3.8, 4) is 0 Å². The van der Waals surface area contributed by atoms with Crippen LogP contribution in [0.2, 0.25) is 5.15 Å². The van der Waals surface area contributed by atoms with E-state index in [1.165, 1.54) is 0 Å². The van der Waals surface area contributed by atoms with E-state index in [9.17, 15) is 4.79 Å². The topological polar surface area (TPSA) is 30.0 Å². The fourth-order valence-corrected chi connectivity index (χ4v) is 2.26. The standard InChI is InChI=1S/C10H12ClNOS/c1-10(2,3)14-8-4-5-12-9(11)7(8)6-13/h4-6H,1-3H3. The highest BCUT2D eigenvalue weighted by molar-refractivity contribution is 8.00. The lowest BCUT2D eigenvalue weighted by Crippen LogP contribution is -2.07. The molecule has 0 aliphatic carbocycles. The first-order chi connectivity index (χ1) is 6.44. The van der Waals surface area contributed by atoms with Crippen LogP contribution in [0.4, 0.5) is 0 Å². The van der Waals surface area contributed by atoms with Gasteiger partial charge in [-0.1, -0.05) is 32.4 Å². The summed E-state index contributed by atoms with van der Waals surface area (Å²) in [5.41, 5.74) is 0.481. The monoisotopic (exact) mass is 229 g/mol. The van der Waals surface area contributed by atoms with Gasteiger partial charge in [0, 0.05) is 15.8 Å². The molecule has 0 saturated carbocycles. The second kappa shape index (κ2) is 4.32. The van der Waals surface area contributed by atoms with E-state index in [2.05, 4.69) is 25.8 Å². The number of aromatic nitrogens is 1. The van der Waals surface area contributed by atoms with Crippen LogP contribution in [0.25, 0.3) is 0 Å². The van der Waals surface area contributed by atoms with Gasteiger partial charge in [-0.15, -0.1) is 11.8 Å². The highest BCUT2D eigenvalue weighted by Gasteiger charge is 2.16. The first kappa shape index (κ1) is 11.5. The van der Waals surface area contributed by atoms with E-state index in [4.69, 9.17) is 11.6 Å². The lowest BCUT2D eigenvalue weighted by Gasteiger charge is -2.18. The number of rotatable bonds is 2. The van der Waals surface area contributed by atoms with Crippen LogP contribution < -0.4 is 0 Å². The van der Waals surface area contributed by atoms with E-state index in [-0.39, 0.29) is 9.90 Å². The summed E-state index contributed by atoms with van der Waals surface area (Å²) in [7, 11) is 0. The summed E-state index contributed by atoms with van der Waals surface area (Å²) in [5.74, 6) is 0. The summed E-state index contributed by atoms with van der Waals surface area (Å²) in [5, 5.41) is 0.272. The number of hydrogen-bond acceptors (Lipinski definition) is 3. The van der Waals surface area contributed by atoms with Gasteiger partial charge in [-0.05, 0) is 6.07 Å². The van der Waals surface area contributed by atoms with Gasteiger partial charge in [0.05, 0.1) is 5.56 Å². The van der Waals surface area contributed by atoms with Gasteiger partial charge in [-0.3, -0.25) is 4.79 Å². The third-order valence-electron chi connectivity index (χ3n) is 1.44. The summed E-state index contributed by atoms with van der Waals surface area (Å²) < 4.78 is 0.0580. The Kier molecular flexibility index (Phi) is 3.56. The molecule has 1 heterocycles. The Balaban J connectivity index is 3.08. The highest BCUT2D eigenvalue weighted by Crippen LogP contribution is 2.34. The van der Waals surface area contributed by atoms with Crippen molar-refractivity contribution in [3.63, 3.8) is 0 Å². The van der Waals surface area contributed by atoms with Gasteiger partial charge in [0.25, 0.3) is 0 Å². The van der Waals surface area contributed by atoms with Gasteiger partial charge in [-0.2, -0.15) is 0 Å². The molecule has 1 aromatic heterocycles. The Bertz CT molecular complexity index is 346. The summed E-state index contributed by atoms with van der Waals surface area (Å²) in [4.78, 5) is 15.5. The number of thioether (sulfide) groups is 1. The largest absolute Gasteiger partial charge is 0.298 e. The Hall–Kier alpha value is -0.540. The van der Waals surface area contributed by atoms with Crippen LogP contribution in [0.3, 0.4) is 0 Å². The van der Waals surface area contributed by atoms with Gasteiger partial charge in [0.2, 0.25) is 0 Å². The van der Waals surface area contributed by atoms with Gasteiger partial charge in [-0.25, -0.2) is 4.98 Å². The molecule has 0 fully saturated rings. The fraction of sp³-hybridized carbons (Fsp3) is 0.400. The Labute approximate surface area is 93.1 Å². The van der Waals surface area contributed by atoms with Crippen LogP contribution in [0.15, 0.2) is 17.2 Å². The van der Waals surface area contributed by atoms with Gasteiger partial charge < -0.3 is 0 Å². The fourth-order valence-electron chi connectivity index (χ4n) is 0.957. The summed E-state index contributed by atoms with van der Waals surface area (Å²) in [6, 6.07) is 1.81. The Morgan fingerprint density at radius 3 is 2.64 bits per heavy atom. The van der Waals surface area contributed by atoms with Crippen LogP contribution in [-0.2, 0) is 0 Å². The molecule has 0 spiro atoms. The number of aldehydes is 1. The van der Waals surface area contributed by atoms with Crippen LogP contribution in [0.1, 0.15) is 31.1 Å². The van der Waals surface area contributed by atoms with Gasteiger partial charge in [0.1, 0.15) is 5.15 Å². The molecule has 0 atom stereocenters. The molecule has 0 amide bonds. The molecule has 2 nitrogen and oxygen atoms in total. The van der Waals surface area contributed by atoms with Crippen LogP contribution in [0, 0.1) is 0 Å². The number of carbonyl (C=O) groups excluding carboxylic acids is 1. The lowest BCUT2D eigenvalue weighted by atomic mass is 10.3. The van der Waals surface area contributed by atoms with E-state index in [1.54, 1.807) is 18.0 Å². The molecule has 0 N–H and O–H groups in total. The predicted molar refractivity (Wildman–Crippen MR) is 60.2 cm³/mol. The van der Waals surface area contributed by atoms with Crippen LogP contribution in [0.5, 0.6) is 0 Å². The maximum absolute atomic E-state index is 10.8. The predicted octanol–water partition coefficient (Wildman–Crippen LogP) is 3.44. The van der Waals surface area contributed by atoms with E-state index < -0.39 is 0 Å². The van der Waals surface area contributed by atoms with Crippen LogP contribution >= 0.6 is 23.4 Å². The first-order valence-corrected chi connectivity index (χ1v) is 5.42. The van der Waals surface area contributed by atoms with E-state index in [1.807, 2.05) is 6.07 Å². The molecular weight excluding hydrogens is 218 g/mol. The zero-order valence-electron chi connectivity index (χ0n) is 8.37. The summed E-state index contributed by atoms with van der Waals surface area (Å²) in [6.45, 7) is 6.25. The van der Waals surface area contributed by atoms with Crippen molar-refractivity contribution in [2.24, 2.45) is 0 Å². The number of halogens is 1. The quantitative estimate of drug-likeness (QED) is 0.442. The zero-order valence-corrected chi connectivity index (χ0v) is 9.95. The van der Waals surface area contributed by atoms with Crippen molar-refractivity contribution >= 4 is 29.6 Å². The normalized spacial score (nSPS) is 11.4. The van der Waals surface area contributed by atoms with E-state index in [0.717, 1.165) is 11.2 Å². The Morgan fingerprint density at radius 1 is 1.50 bits per heavy atom. The number of hydrogen-bond donors (Lipinski definition) is 0. The molecule has 0 aliphatic rings. The Morgan fingerprint density at radius 2 is 2.14 bits per heavy atom. The lowest BCUT2D eigenvalue weighted by molar-refractivity contribution is 0.112. The minimum atomic E-state index is 0.0580. The van der Waals surface area contributed by atoms with Crippen molar-refractivity contribution in [1.29, 1.82) is 0 Å². The molecule has 0 unspecified atom stereocenters. The van der Waals surface area contributed by atoms with Crippen molar-refractivity contribution in [1.82, 2.24) is 4.98 Å². The molecule has 0 aromatic carbocycles. The van der Waals surface area contributed by atoms with Gasteiger partial charge >= 0.3 is 0 Å². The van der Waals surface area contributed by atoms with Crippen molar-refractivity contribution < 1.29 is 4.79 Å². The van der Waals surface area contributed by atoms with Crippen molar-refractivity contribution in [3.05, 3.63) is 23.0 Å². The second-order valence-corrected chi connectivity index (χ2v) is 6.07. The smallest absolute Gasteiger partial charge is 0.154 e. The first-order valence-electron chi connectivity index (χ1n) is 4.23. The molecule has 76 valence electrons. The minimum Gasteiger partial charge on any atom is -0.298 e. The third kappa shape index (κ3) is 3.00. The van der Waals surface area contributed by atoms with Gasteiger partial charge in [0.15, 0.2) is 6.29 Å².